The molecule has 4 aromatic carbocycles. The first-order valence-electron chi connectivity index (χ1n) is 11.4. The minimum absolute atomic E-state index is 0.158. The first-order chi connectivity index (χ1) is 17.8. The molecule has 2 amide bonds. The van der Waals surface area contributed by atoms with E-state index in [4.69, 9.17) is 28.0 Å². The number of halogens is 2. The molecule has 0 radical (unpaired) electrons. The number of hydrogen-bond acceptors (Lipinski definition) is 6. The molecule has 0 aromatic heterocycles. The van der Waals surface area contributed by atoms with Crippen molar-refractivity contribution in [3.63, 3.8) is 0 Å². The number of carbonyl (C=O) groups is 2. The summed E-state index contributed by atoms with van der Waals surface area (Å²) in [5.74, 6) is -1.92. The molecule has 2 fully saturated rings. The Morgan fingerprint density at radius 3 is 2.41 bits per heavy atom. The van der Waals surface area contributed by atoms with Gasteiger partial charge in [-0.15, -0.1) is 0 Å². The predicted octanol–water partition coefficient (Wildman–Crippen LogP) is 6.11. The van der Waals surface area contributed by atoms with Crippen LogP contribution >= 0.6 is 23.2 Å². The average molecular weight is 534 g/mol. The molecule has 0 spiro atoms. The van der Waals surface area contributed by atoms with Crippen molar-refractivity contribution < 1.29 is 19.3 Å². The van der Waals surface area contributed by atoms with Gasteiger partial charge in [0.1, 0.15) is 5.92 Å². The highest BCUT2D eigenvalue weighted by Gasteiger charge is 2.60. The van der Waals surface area contributed by atoms with E-state index in [1.165, 1.54) is 28.2 Å². The van der Waals surface area contributed by atoms with Gasteiger partial charge in [0, 0.05) is 27.6 Å². The van der Waals surface area contributed by atoms with Crippen LogP contribution < -0.4 is 9.96 Å². The van der Waals surface area contributed by atoms with Crippen molar-refractivity contribution in [1.29, 1.82) is 0 Å². The monoisotopic (exact) mass is 533 g/mol. The summed E-state index contributed by atoms with van der Waals surface area (Å²) >= 11 is 12.7. The van der Waals surface area contributed by atoms with Gasteiger partial charge in [0.05, 0.1) is 22.3 Å². The lowest BCUT2D eigenvalue weighted by atomic mass is 9.90. The maximum absolute atomic E-state index is 14.0. The zero-order valence-electron chi connectivity index (χ0n) is 19.0. The summed E-state index contributed by atoms with van der Waals surface area (Å²) in [7, 11) is 0. The largest absolute Gasteiger partial charge is 0.273 e. The van der Waals surface area contributed by atoms with E-state index in [1.807, 2.05) is 30.3 Å². The van der Waals surface area contributed by atoms with Crippen LogP contribution in [0, 0.1) is 16.0 Å². The lowest BCUT2D eigenvalue weighted by Crippen LogP contribution is -2.37. The molecule has 2 heterocycles. The van der Waals surface area contributed by atoms with Crippen LogP contribution in [0.25, 0.3) is 10.8 Å². The third-order valence-corrected chi connectivity index (χ3v) is 7.26. The van der Waals surface area contributed by atoms with Gasteiger partial charge in [-0.3, -0.25) is 24.5 Å². The van der Waals surface area contributed by atoms with Crippen LogP contribution in [-0.4, -0.2) is 22.8 Å². The van der Waals surface area contributed by atoms with Crippen molar-refractivity contribution in [2.75, 3.05) is 9.96 Å². The Morgan fingerprint density at radius 2 is 1.62 bits per heavy atom. The molecule has 3 atom stereocenters. The quantitative estimate of drug-likeness (QED) is 0.178. The first kappa shape index (κ1) is 23.4. The van der Waals surface area contributed by atoms with Crippen molar-refractivity contribution in [2.24, 2.45) is 5.92 Å². The number of anilines is 2. The van der Waals surface area contributed by atoms with Gasteiger partial charge in [0.2, 0.25) is 5.91 Å². The third-order valence-electron chi connectivity index (χ3n) is 6.70. The van der Waals surface area contributed by atoms with E-state index in [9.17, 15) is 19.7 Å². The van der Waals surface area contributed by atoms with Crippen LogP contribution in [0.4, 0.5) is 17.1 Å². The SMILES string of the molecule is O=C1[C@H]2[C@H](ON(c3cccc([N+](=O)[O-])c3)[C@H]2c2ccc(Cl)cc2Cl)C(=O)N1c1cccc2ccccc12. The summed E-state index contributed by atoms with van der Waals surface area (Å²) in [6, 6.07) is 22.7. The van der Waals surface area contributed by atoms with Crippen molar-refractivity contribution in [2.45, 2.75) is 12.1 Å². The number of non-ortho nitro benzene ring substituents is 1. The van der Waals surface area contributed by atoms with Gasteiger partial charge in [-0.2, -0.15) is 0 Å². The number of benzene rings is 4. The van der Waals surface area contributed by atoms with Crippen molar-refractivity contribution in [3.8, 4) is 0 Å². The number of hydroxylamine groups is 1. The van der Waals surface area contributed by atoms with Crippen molar-refractivity contribution >= 4 is 62.9 Å². The van der Waals surface area contributed by atoms with Crippen LogP contribution in [0.15, 0.2) is 84.9 Å². The second-order valence-corrected chi connectivity index (χ2v) is 9.62. The molecule has 8 nitrogen and oxygen atoms in total. The number of rotatable bonds is 4. The molecule has 2 aliphatic heterocycles. The molecule has 4 aromatic rings. The topological polar surface area (TPSA) is 93.0 Å². The molecule has 0 saturated carbocycles. The fraction of sp³-hybridized carbons (Fsp3) is 0.111. The molecule has 0 bridgehead atoms. The summed E-state index contributed by atoms with van der Waals surface area (Å²) in [5.41, 5.74) is 1.13. The molecule has 6 rings (SSSR count). The highest BCUT2D eigenvalue weighted by molar-refractivity contribution is 6.35. The summed E-state index contributed by atoms with van der Waals surface area (Å²) in [6.45, 7) is 0. The minimum Gasteiger partial charge on any atom is -0.273 e. The smallest absolute Gasteiger partial charge is 0.271 e. The van der Waals surface area contributed by atoms with Gasteiger partial charge in [0.15, 0.2) is 6.10 Å². The fourth-order valence-electron chi connectivity index (χ4n) is 5.08. The molecule has 2 aliphatic rings. The number of fused-ring (bicyclic) bond motifs is 2. The molecule has 0 N–H and O–H groups in total. The average Bonchev–Trinajstić information content (AvgIpc) is 3.39. The second-order valence-electron chi connectivity index (χ2n) is 8.78. The Kier molecular flexibility index (Phi) is 5.60. The lowest BCUT2D eigenvalue weighted by molar-refractivity contribution is -0.384. The third kappa shape index (κ3) is 3.72. The highest BCUT2D eigenvalue weighted by atomic mass is 35.5. The molecule has 37 heavy (non-hydrogen) atoms. The summed E-state index contributed by atoms with van der Waals surface area (Å²) in [4.78, 5) is 45.8. The number of carbonyl (C=O) groups excluding carboxylic acids is 2. The van der Waals surface area contributed by atoms with Gasteiger partial charge in [-0.05, 0) is 35.2 Å². The van der Waals surface area contributed by atoms with Gasteiger partial charge in [0.25, 0.3) is 11.6 Å². The molecule has 2 saturated heterocycles. The zero-order valence-corrected chi connectivity index (χ0v) is 20.5. The lowest BCUT2D eigenvalue weighted by Gasteiger charge is -2.29. The van der Waals surface area contributed by atoms with Gasteiger partial charge < -0.3 is 0 Å². The molecular weight excluding hydrogens is 517 g/mol. The second kappa shape index (κ2) is 8.85. The minimum atomic E-state index is -1.15. The van der Waals surface area contributed by atoms with E-state index in [-0.39, 0.29) is 10.7 Å². The first-order valence-corrected chi connectivity index (χ1v) is 12.1. The van der Waals surface area contributed by atoms with Gasteiger partial charge in [-0.25, -0.2) is 9.96 Å². The van der Waals surface area contributed by atoms with Crippen LogP contribution in [-0.2, 0) is 14.4 Å². The van der Waals surface area contributed by atoms with E-state index >= 15 is 0 Å². The van der Waals surface area contributed by atoms with E-state index in [1.54, 1.807) is 36.4 Å². The van der Waals surface area contributed by atoms with Crippen LogP contribution in [0.1, 0.15) is 11.6 Å². The van der Waals surface area contributed by atoms with E-state index in [2.05, 4.69) is 0 Å². The molecule has 184 valence electrons. The predicted molar refractivity (Wildman–Crippen MR) is 140 cm³/mol. The summed E-state index contributed by atoms with van der Waals surface area (Å²) < 4.78 is 0. The Labute approximate surface area is 220 Å². The number of imide groups is 1. The Bertz CT molecular complexity index is 1610. The Balaban J connectivity index is 1.49. The molecule has 0 unspecified atom stereocenters. The van der Waals surface area contributed by atoms with Gasteiger partial charge >= 0.3 is 0 Å². The Morgan fingerprint density at radius 1 is 0.865 bits per heavy atom. The van der Waals surface area contributed by atoms with Crippen molar-refractivity contribution in [1.82, 2.24) is 0 Å². The Hall–Kier alpha value is -3.98. The molecule has 0 aliphatic carbocycles. The standard InChI is InChI=1S/C27H17Cl2N3O5/c28-16-11-12-20(21(29)13-16)24-23-25(37-31(24)17-7-4-8-18(14-17)32(35)36)27(34)30(26(23)33)22-10-3-6-15-5-1-2-9-19(15)22/h1-14,23-25H/t23-,24+,25+/m1/s1. The van der Waals surface area contributed by atoms with E-state index in [0.29, 0.717) is 22.0 Å². The zero-order chi connectivity index (χ0) is 25.8. The van der Waals surface area contributed by atoms with Crippen LogP contribution in [0.3, 0.4) is 0 Å². The number of nitrogens with zero attached hydrogens (tertiary/aromatic N) is 3. The fourth-order valence-corrected chi connectivity index (χ4v) is 5.60. The number of nitro benzene ring substituents is 1. The van der Waals surface area contributed by atoms with Crippen LogP contribution in [0.2, 0.25) is 10.0 Å². The number of amides is 2. The molecular formula is C27H17Cl2N3O5. The maximum atomic E-state index is 14.0. The molecule has 10 heteroatoms. The normalized spacial score (nSPS) is 21.1. The van der Waals surface area contributed by atoms with Gasteiger partial charge in [-0.1, -0.05) is 71.7 Å². The summed E-state index contributed by atoms with van der Waals surface area (Å²) in [6.07, 6.45) is -1.15. The summed E-state index contributed by atoms with van der Waals surface area (Å²) in [5, 5.41) is 15.1. The van der Waals surface area contributed by atoms with E-state index < -0.39 is 34.8 Å². The number of hydrogen-bond donors (Lipinski definition) is 0. The maximum Gasteiger partial charge on any atom is 0.271 e. The van der Waals surface area contributed by atoms with E-state index in [0.717, 1.165) is 10.8 Å². The van der Waals surface area contributed by atoms with Crippen LogP contribution in [0.5, 0.6) is 0 Å². The number of nitro groups is 1. The van der Waals surface area contributed by atoms with Crippen molar-refractivity contribution in [3.05, 3.63) is 111 Å². The highest BCUT2D eigenvalue weighted by Crippen LogP contribution is 2.50.